The minimum atomic E-state index is 0.430. The molecule has 0 unspecified atom stereocenters. The third-order valence-corrected chi connectivity index (χ3v) is 2.66. The van der Waals surface area contributed by atoms with Gasteiger partial charge in [-0.15, -0.1) is 10.2 Å². The molecule has 0 bridgehead atoms. The Morgan fingerprint density at radius 1 is 1.38 bits per heavy atom. The molecule has 0 fully saturated rings. The molecule has 2 aromatic heterocycles. The summed E-state index contributed by atoms with van der Waals surface area (Å²) >= 11 is 3.38. The third-order valence-electron chi connectivity index (χ3n) is 2.02. The summed E-state index contributed by atoms with van der Waals surface area (Å²) in [6.45, 7) is 0.616. The van der Waals surface area contributed by atoms with Crippen LogP contribution in [0.25, 0.3) is 11.6 Å². The van der Waals surface area contributed by atoms with E-state index in [0.29, 0.717) is 30.4 Å². The van der Waals surface area contributed by atoms with Crippen molar-refractivity contribution in [3.05, 3.63) is 28.7 Å². The van der Waals surface area contributed by atoms with Gasteiger partial charge in [-0.2, -0.15) is 0 Å². The number of rotatable bonds is 4. The maximum Gasteiger partial charge on any atom is 0.267 e. The van der Waals surface area contributed by atoms with Crippen molar-refractivity contribution in [3.8, 4) is 11.6 Å². The molecule has 0 amide bonds. The Hall–Kier alpha value is -1.27. The first-order valence-electron chi connectivity index (χ1n) is 4.94. The van der Waals surface area contributed by atoms with Crippen molar-refractivity contribution in [2.75, 3.05) is 6.54 Å². The van der Waals surface area contributed by atoms with E-state index in [4.69, 9.17) is 10.2 Å². The zero-order valence-corrected chi connectivity index (χ0v) is 10.1. The van der Waals surface area contributed by atoms with Crippen molar-refractivity contribution in [3.63, 3.8) is 0 Å². The third kappa shape index (κ3) is 2.45. The van der Waals surface area contributed by atoms with Gasteiger partial charge in [-0.25, -0.2) is 4.98 Å². The first-order valence-corrected chi connectivity index (χ1v) is 5.74. The maximum atomic E-state index is 5.48. The van der Waals surface area contributed by atoms with Crippen LogP contribution in [0.5, 0.6) is 0 Å². The van der Waals surface area contributed by atoms with Crippen molar-refractivity contribution in [1.29, 1.82) is 0 Å². The first kappa shape index (κ1) is 11.2. The van der Waals surface area contributed by atoms with Crippen LogP contribution in [0.2, 0.25) is 0 Å². The second-order valence-electron chi connectivity index (χ2n) is 3.23. The lowest BCUT2D eigenvalue weighted by molar-refractivity contribution is 0.497. The van der Waals surface area contributed by atoms with Gasteiger partial charge in [-0.1, -0.05) is 0 Å². The van der Waals surface area contributed by atoms with Crippen LogP contribution in [-0.2, 0) is 6.42 Å². The van der Waals surface area contributed by atoms with Crippen LogP contribution in [0.4, 0.5) is 0 Å². The molecule has 6 heteroatoms. The van der Waals surface area contributed by atoms with Gasteiger partial charge in [-0.3, -0.25) is 0 Å². The molecule has 0 aliphatic heterocycles. The molecular weight excluding hydrogens is 272 g/mol. The lowest BCUT2D eigenvalue weighted by Crippen LogP contribution is -2.00. The highest BCUT2D eigenvalue weighted by Crippen LogP contribution is 2.24. The summed E-state index contributed by atoms with van der Waals surface area (Å²) in [4.78, 5) is 4.17. The van der Waals surface area contributed by atoms with Crippen LogP contribution in [0, 0.1) is 0 Å². The minimum absolute atomic E-state index is 0.430. The molecule has 0 aliphatic carbocycles. The molecular formula is C10H11BrN4O. The quantitative estimate of drug-likeness (QED) is 0.925. The second kappa shape index (κ2) is 5.18. The van der Waals surface area contributed by atoms with E-state index in [1.165, 1.54) is 0 Å². The predicted octanol–water partition coefficient (Wildman–Crippen LogP) is 1.79. The fourth-order valence-electron chi connectivity index (χ4n) is 1.25. The summed E-state index contributed by atoms with van der Waals surface area (Å²) < 4.78 is 6.32. The Morgan fingerprint density at radius 3 is 3.00 bits per heavy atom. The Kier molecular flexibility index (Phi) is 3.63. The zero-order chi connectivity index (χ0) is 11.4. The number of aryl methyl sites for hydroxylation is 1. The Balaban J connectivity index is 2.22. The summed E-state index contributed by atoms with van der Waals surface area (Å²) in [5, 5.41) is 7.89. The van der Waals surface area contributed by atoms with Crippen LogP contribution < -0.4 is 5.73 Å². The van der Waals surface area contributed by atoms with E-state index < -0.39 is 0 Å². The average Bonchev–Trinajstić information content (AvgIpc) is 2.75. The standard InChI is InChI=1S/C10H11BrN4O/c11-7-3-2-6-13-9(7)10-15-14-8(16-10)4-1-5-12/h2-3,6H,1,4-5,12H2. The minimum Gasteiger partial charge on any atom is -0.419 e. The van der Waals surface area contributed by atoms with E-state index in [1.807, 2.05) is 12.1 Å². The van der Waals surface area contributed by atoms with Gasteiger partial charge >= 0.3 is 0 Å². The summed E-state index contributed by atoms with van der Waals surface area (Å²) in [6, 6.07) is 3.71. The van der Waals surface area contributed by atoms with Crippen molar-refractivity contribution in [2.45, 2.75) is 12.8 Å². The number of halogens is 1. The summed E-state index contributed by atoms with van der Waals surface area (Å²) in [5.41, 5.74) is 6.07. The second-order valence-corrected chi connectivity index (χ2v) is 4.08. The number of nitrogens with zero attached hydrogens (tertiary/aromatic N) is 3. The van der Waals surface area contributed by atoms with E-state index in [1.54, 1.807) is 6.20 Å². The fourth-order valence-corrected chi connectivity index (χ4v) is 1.67. The van der Waals surface area contributed by atoms with E-state index >= 15 is 0 Å². The summed E-state index contributed by atoms with van der Waals surface area (Å²) in [7, 11) is 0. The molecule has 0 saturated carbocycles. The zero-order valence-electron chi connectivity index (χ0n) is 8.56. The van der Waals surface area contributed by atoms with Crippen LogP contribution in [0.15, 0.2) is 27.2 Å². The molecule has 0 spiro atoms. The molecule has 0 radical (unpaired) electrons. The van der Waals surface area contributed by atoms with Gasteiger partial charge in [-0.05, 0) is 41.0 Å². The molecule has 0 aliphatic rings. The van der Waals surface area contributed by atoms with Gasteiger partial charge in [0.25, 0.3) is 5.89 Å². The molecule has 0 atom stereocenters. The Bertz CT molecular complexity index is 471. The molecule has 2 N–H and O–H groups in total. The van der Waals surface area contributed by atoms with Gasteiger partial charge in [0.05, 0.1) is 0 Å². The molecule has 0 aromatic carbocycles. The van der Waals surface area contributed by atoms with Crippen LogP contribution >= 0.6 is 15.9 Å². The van der Waals surface area contributed by atoms with Crippen molar-refractivity contribution in [1.82, 2.24) is 15.2 Å². The SMILES string of the molecule is NCCCc1nnc(-c2ncccc2Br)o1. The number of hydrogen-bond donors (Lipinski definition) is 1. The number of hydrogen-bond acceptors (Lipinski definition) is 5. The molecule has 2 rings (SSSR count). The van der Waals surface area contributed by atoms with Crippen LogP contribution in [-0.4, -0.2) is 21.7 Å². The van der Waals surface area contributed by atoms with E-state index in [0.717, 1.165) is 10.9 Å². The Labute approximate surface area is 101 Å². The summed E-state index contributed by atoms with van der Waals surface area (Å²) in [5.74, 6) is 1.03. The van der Waals surface area contributed by atoms with Gasteiger partial charge in [0.15, 0.2) is 0 Å². The molecule has 0 saturated heterocycles. The van der Waals surface area contributed by atoms with E-state index in [2.05, 4.69) is 31.1 Å². The van der Waals surface area contributed by atoms with Crippen molar-refractivity contribution in [2.24, 2.45) is 5.73 Å². The van der Waals surface area contributed by atoms with E-state index in [9.17, 15) is 0 Å². The molecule has 2 heterocycles. The highest BCUT2D eigenvalue weighted by molar-refractivity contribution is 9.10. The lowest BCUT2D eigenvalue weighted by Gasteiger charge is -1.96. The fraction of sp³-hybridized carbons (Fsp3) is 0.300. The van der Waals surface area contributed by atoms with Crippen molar-refractivity contribution < 1.29 is 4.42 Å². The predicted molar refractivity (Wildman–Crippen MR) is 62.6 cm³/mol. The highest BCUT2D eigenvalue weighted by Gasteiger charge is 2.11. The monoisotopic (exact) mass is 282 g/mol. The lowest BCUT2D eigenvalue weighted by atomic mass is 10.3. The smallest absolute Gasteiger partial charge is 0.267 e. The van der Waals surface area contributed by atoms with Gasteiger partial charge in [0.2, 0.25) is 5.89 Å². The van der Waals surface area contributed by atoms with E-state index in [-0.39, 0.29) is 0 Å². The Morgan fingerprint density at radius 2 is 2.25 bits per heavy atom. The van der Waals surface area contributed by atoms with Crippen LogP contribution in [0.3, 0.4) is 0 Å². The topological polar surface area (TPSA) is 77.8 Å². The van der Waals surface area contributed by atoms with Crippen LogP contribution in [0.1, 0.15) is 12.3 Å². The largest absolute Gasteiger partial charge is 0.419 e. The first-order chi connectivity index (χ1) is 7.81. The molecule has 16 heavy (non-hydrogen) atoms. The maximum absolute atomic E-state index is 5.48. The normalized spacial score (nSPS) is 10.6. The number of aromatic nitrogens is 3. The molecule has 84 valence electrons. The van der Waals surface area contributed by atoms with Gasteiger partial charge < -0.3 is 10.2 Å². The van der Waals surface area contributed by atoms with Crippen molar-refractivity contribution >= 4 is 15.9 Å². The summed E-state index contributed by atoms with van der Waals surface area (Å²) in [6.07, 6.45) is 3.23. The highest BCUT2D eigenvalue weighted by atomic mass is 79.9. The van der Waals surface area contributed by atoms with Gasteiger partial charge in [0, 0.05) is 17.1 Å². The number of pyridine rings is 1. The average molecular weight is 283 g/mol. The number of nitrogens with two attached hydrogens (primary N) is 1. The van der Waals surface area contributed by atoms with Gasteiger partial charge in [0.1, 0.15) is 5.69 Å². The molecule has 5 nitrogen and oxygen atoms in total. The molecule has 2 aromatic rings.